The Morgan fingerprint density at radius 3 is 1.83 bits per heavy atom. The van der Waals surface area contributed by atoms with Gasteiger partial charge in [-0.1, -0.05) is 92.2 Å². The van der Waals surface area contributed by atoms with Crippen LogP contribution in [0.25, 0.3) is 0 Å². The summed E-state index contributed by atoms with van der Waals surface area (Å²) in [5.41, 5.74) is 2.34. The van der Waals surface area contributed by atoms with Gasteiger partial charge in [0.15, 0.2) is 5.84 Å². The second kappa shape index (κ2) is 10.7. The Balaban J connectivity index is 1.99. The molecule has 29 heavy (non-hydrogen) atoms. The van der Waals surface area contributed by atoms with Gasteiger partial charge in [-0.15, -0.1) is 0 Å². The number of carbonyl (C=O) groups excluding carboxylic acids is 1. The highest BCUT2D eigenvalue weighted by molar-refractivity contribution is 6.17. The third-order valence-electron chi connectivity index (χ3n) is 4.34. The van der Waals surface area contributed by atoms with Crippen LogP contribution in [-0.2, 0) is 0 Å². The highest BCUT2D eigenvalue weighted by Crippen LogP contribution is 2.08. The van der Waals surface area contributed by atoms with Crippen LogP contribution < -0.4 is 5.32 Å². The lowest BCUT2D eigenvalue weighted by Gasteiger charge is -2.11. The van der Waals surface area contributed by atoms with E-state index < -0.39 is 0 Å². The number of amidine groups is 2. The minimum atomic E-state index is -0.200. The monoisotopic (exact) mass is 383 g/mol. The number of carbonyl (C=O) groups is 1. The normalized spacial score (nSPS) is 11.9. The van der Waals surface area contributed by atoms with Gasteiger partial charge >= 0.3 is 0 Å². The molecule has 3 aromatic rings. The highest BCUT2D eigenvalue weighted by atomic mass is 16.1. The first-order valence-corrected chi connectivity index (χ1v) is 9.88. The minimum Gasteiger partial charge on any atom is -0.306 e. The summed E-state index contributed by atoms with van der Waals surface area (Å²) in [7, 11) is 0. The number of benzene rings is 3. The maximum Gasteiger partial charge on any atom is 0.256 e. The average molecular weight is 383 g/mol. The number of aliphatic imine (C=N–C) groups is 2. The predicted molar refractivity (Wildman–Crippen MR) is 120 cm³/mol. The van der Waals surface area contributed by atoms with Gasteiger partial charge in [0.05, 0.1) is 0 Å². The Hall–Kier alpha value is -3.53. The summed E-state index contributed by atoms with van der Waals surface area (Å²) in [6.45, 7) is 2.83. The Morgan fingerprint density at radius 2 is 1.28 bits per heavy atom. The third kappa shape index (κ3) is 5.98. The van der Waals surface area contributed by atoms with Crippen molar-refractivity contribution in [1.82, 2.24) is 5.32 Å². The Bertz CT molecular complexity index is 965. The summed E-state index contributed by atoms with van der Waals surface area (Å²) >= 11 is 0. The number of rotatable bonds is 6. The highest BCUT2D eigenvalue weighted by Gasteiger charge is 2.12. The van der Waals surface area contributed by atoms with Crippen molar-refractivity contribution < 1.29 is 4.79 Å². The van der Waals surface area contributed by atoms with Gasteiger partial charge in [-0.25, -0.2) is 4.99 Å². The van der Waals surface area contributed by atoms with Gasteiger partial charge in [0, 0.05) is 23.2 Å². The van der Waals surface area contributed by atoms with Gasteiger partial charge in [0.1, 0.15) is 5.84 Å². The first-order chi connectivity index (χ1) is 14.3. The Labute approximate surface area is 172 Å². The van der Waals surface area contributed by atoms with Crippen molar-refractivity contribution in [3.63, 3.8) is 0 Å². The molecule has 0 spiro atoms. The van der Waals surface area contributed by atoms with E-state index in [-0.39, 0.29) is 5.91 Å². The quantitative estimate of drug-likeness (QED) is 0.359. The molecule has 0 radical (unpaired) electrons. The van der Waals surface area contributed by atoms with E-state index in [0.29, 0.717) is 23.8 Å². The van der Waals surface area contributed by atoms with Gasteiger partial charge in [-0.2, -0.15) is 0 Å². The van der Waals surface area contributed by atoms with Crippen LogP contribution in [0, 0.1) is 0 Å². The number of nitrogens with one attached hydrogen (secondary N) is 1. The summed E-state index contributed by atoms with van der Waals surface area (Å²) in [5.74, 6) is 0.902. The van der Waals surface area contributed by atoms with Crippen LogP contribution in [-0.4, -0.2) is 24.1 Å². The fourth-order valence-electron chi connectivity index (χ4n) is 2.76. The van der Waals surface area contributed by atoms with E-state index in [1.54, 1.807) is 12.1 Å². The largest absolute Gasteiger partial charge is 0.306 e. The molecule has 0 aliphatic carbocycles. The lowest BCUT2D eigenvalue weighted by atomic mass is 10.1. The van der Waals surface area contributed by atoms with E-state index in [4.69, 9.17) is 9.98 Å². The molecule has 3 aromatic carbocycles. The summed E-state index contributed by atoms with van der Waals surface area (Å²) in [6, 6.07) is 28.6. The molecule has 0 aromatic heterocycles. The van der Waals surface area contributed by atoms with E-state index in [1.165, 1.54) is 0 Å². The van der Waals surface area contributed by atoms with Crippen molar-refractivity contribution in [1.29, 1.82) is 0 Å². The zero-order valence-corrected chi connectivity index (χ0v) is 16.6. The number of unbranched alkanes of at least 4 members (excludes halogenated alkanes) is 1. The molecule has 4 nitrogen and oxygen atoms in total. The van der Waals surface area contributed by atoms with Crippen LogP contribution in [0.15, 0.2) is 101 Å². The maximum absolute atomic E-state index is 12.8. The van der Waals surface area contributed by atoms with Crippen LogP contribution >= 0.6 is 0 Å². The first-order valence-electron chi connectivity index (χ1n) is 9.88. The molecule has 0 bridgehead atoms. The Kier molecular flexibility index (Phi) is 7.47. The maximum atomic E-state index is 12.8. The lowest BCUT2D eigenvalue weighted by Crippen LogP contribution is -2.32. The van der Waals surface area contributed by atoms with Crippen molar-refractivity contribution in [3.05, 3.63) is 108 Å². The zero-order valence-electron chi connectivity index (χ0n) is 16.6. The summed E-state index contributed by atoms with van der Waals surface area (Å²) in [6.07, 6.45) is 2.05. The van der Waals surface area contributed by atoms with E-state index >= 15 is 0 Å². The number of nitrogens with zero attached hydrogens (tertiary/aromatic N) is 2. The number of hydrogen-bond donors (Lipinski definition) is 1. The van der Waals surface area contributed by atoms with E-state index in [9.17, 15) is 4.79 Å². The van der Waals surface area contributed by atoms with E-state index in [1.807, 2.05) is 78.9 Å². The molecule has 3 rings (SSSR count). The molecular weight excluding hydrogens is 358 g/mol. The van der Waals surface area contributed by atoms with Gasteiger partial charge in [0.25, 0.3) is 5.91 Å². The number of amides is 1. The molecular formula is C25H25N3O. The fraction of sp³-hybridized carbons (Fsp3) is 0.160. The summed E-state index contributed by atoms with van der Waals surface area (Å²) in [4.78, 5) is 22.3. The standard InChI is InChI=1S/C25H25N3O/c1-2-3-19-26-23(20-13-7-4-8-14-20)27-24(21-15-9-5-10-16-21)28-25(29)22-17-11-6-12-18-22/h4-18H,2-3,19H2,1H3,(H,26,27,28,29). The van der Waals surface area contributed by atoms with Gasteiger partial charge in [0.2, 0.25) is 0 Å². The van der Waals surface area contributed by atoms with Crippen molar-refractivity contribution >= 4 is 17.6 Å². The van der Waals surface area contributed by atoms with Gasteiger partial charge in [-0.3, -0.25) is 9.79 Å². The molecule has 0 aliphatic rings. The molecule has 0 saturated heterocycles. The molecule has 0 fully saturated rings. The topological polar surface area (TPSA) is 53.8 Å². The van der Waals surface area contributed by atoms with Crippen LogP contribution in [0.5, 0.6) is 0 Å². The van der Waals surface area contributed by atoms with Crippen molar-refractivity contribution in [2.45, 2.75) is 19.8 Å². The minimum absolute atomic E-state index is 0.200. The molecule has 1 N–H and O–H groups in total. The van der Waals surface area contributed by atoms with Gasteiger partial charge in [-0.05, 0) is 18.6 Å². The molecule has 0 saturated carbocycles. The fourth-order valence-corrected chi connectivity index (χ4v) is 2.76. The lowest BCUT2D eigenvalue weighted by molar-refractivity contribution is 0.0977. The molecule has 1 amide bonds. The first kappa shape index (κ1) is 20.2. The molecule has 0 aliphatic heterocycles. The number of hydrogen-bond acceptors (Lipinski definition) is 2. The van der Waals surface area contributed by atoms with Crippen molar-refractivity contribution in [2.24, 2.45) is 9.98 Å². The molecule has 0 heterocycles. The summed E-state index contributed by atoms with van der Waals surface area (Å²) < 4.78 is 0. The van der Waals surface area contributed by atoms with E-state index in [2.05, 4.69) is 12.2 Å². The molecule has 4 heteroatoms. The molecule has 146 valence electrons. The SMILES string of the molecule is CCCCN=C(N=C(NC(=O)c1ccccc1)c1ccccc1)c1ccccc1. The second-order valence-corrected chi connectivity index (χ2v) is 6.57. The van der Waals surface area contributed by atoms with Crippen molar-refractivity contribution in [3.8, 4) is 0 Å². The Morgan fingerprint density at radius 1 is 0.759 bits per heavy atom. The van der Waals surface area contributed by atoms with Crippen LogP contribution in [0.3, 0.4) is 0 Å². The second-order valence-electron chi connectivity index (χ2n) is 6.57. The smallest absolute Gasteiger partial charge is 0.256 e. The zero-order chi connectivity index (χ0) is 20.3. The van der Waals surface area contributed by atoms with Crippen LogP contribution in [0.1, 0.15) is 41.3 Å². The predicted octanol–water partition coefficient (Wildman–Crippen LogP) is 5.11. The van der Waals surface area contributed by atoms with Gasteiger partial charge < -0.3 is 5.32 Å². The van der Waals surface area contributed by atoms with Crippen molar-refractivity contribution in [2.75, 3.05) is 6.54 Å². The van der Waals surface area contributed by atoms with Crippen LogP contribution in [0.2, 0.25) is 0 Å². The van der Waals surface area contributed by atoms with Crippen LogP contribution in [0.4, 0.5) is 0 Å². The van der Waals surface area contributed by atoms with E-state index in [0.717, 1.165) is 24.0 Å². The average Bonchev–Trinajstić information content (AvgIpc) is 2.79. The molecule has 0 atom stereocenters. The summed E-state index contributed by atoms with van der Waals surface area (Å²) in [5, 5.41) is 2.97. The third-order valence-corrected chi connectivity index (χ3v) is 4.34. The molecule has 0 unspecified atom stereocenters.